The van der Waals surface area contributed by atoms with Crippen LogP contribution in [0.3, 0.4) is 0 Å². The first-order valence-electron chi connectivity index (χ1n) is 6.37. The molecule has 0 aromatic heterocycles. The molecular weight excluding hydrogens is 234 g/mol. The molecule has 0 atom stereocenters. The molecule has 0 rings (SSSR count). The van der Waals surface area contributed by atoms with E-state index in [9.17, 15) is 0 Å². The third-order valence-corrected chi connectivity index (χ3v) is 2.10. The summed E-state index contributed by atoms with van der Waals surface area (Å²) in [4.78, 5) is 0. The number of hydrogen-bond donors (Lipinski definition) is 1. The van der Waals surface area contributed by atoms with Crippen LogP contribution < -0.4 is 5.73 Å². The molecule has 106 valence electrons. The first kappa shape index (κ1) is 19.4. The Morgan fingerprint density at radius 1 is 1.11 bits per heavy atom. The molecule has 0 aromatic rings. The lowest BCUT2D eigenvalue weighted by Crippen LogP contribution is -1.97. The molecule has 0 saturated heterocycles. The number of ether oxygens (including phenoxy) is 1. The molecule has 0 unspecified atom stereocenters. The third kappa shape index (κ3) is 9.72. The second-order valence-electron chi connectivity index (χ2n) is 3.65. The predicted molar refractivity (Wildman–Crippen MR) is 86.6 cm³/mol. The van der Waals surface area contributed by atoms with Gasteiger partial charge in [0.15, 0.2) is 0 Å². The zero-order valence-electron chi connectivity index (χ0n) is 12.9. The van der Waals surface area contributed by atoms with Crippen molar-refractivity contribution in [3.63, 3.8) is 0 Å². The minimum atomic E-state index is 0.695. The summed E-state index contributed by atoms with van der Waals surface area (Å²) >= 11 is 0. The van der Waals surface area contributed by atoms with Gasteiger partial charge in [0.2, 0.25) is 0 Å². The predicted octanol–water partition coefficient (Wildman–Crippen LogP) is 4.65. The summed E-state index contributed by atoms with van der Waals surface area (Å²) in [5.74, 6) is 0.695. The van der Waals surface area contributed by atoms with E-state index in [-0.39, 0.29) is 0 Å². The zero-order chi connectivity index (χ0) is 15.3. The van der Waals surface area contributed by atoms with Crippen molar-refractivity contribution < 1.29 is 4.74 Å². The van der Waals surface area contributed by atoms with Gasteiger partial charge in [0.25, 0.3) is 0 Å². The molecule has 0 bridgehead atoms. The molecule has 0 aliphatic rings. The minimum absolute atomic E-state index is 0.695. The van der Waals surface area contributed by atoms with Gasteiger partial charge in [0, 0.05) is 11.8 Å². The van der Waals surface area contributed by atoms with Crippen LogP contribution in [-0.4, -0.2) is 7.11 Å². The van der Waals surface area contributed by atoms with Crippen LogP contribution in [0.2, 0.25) is 0 Å². The van der Waals surface area contributed by atoms with E-state index in [1.807, 2.05) is 45.9 Å². The molecule has 0 fully saturated rings. The first-order valence-corrected chi connectivity index (χ1v) is 6.37. The normalized spacial score (nSPS) is 11.4. The minimum Gasteiger partial charge on any atom is -0.497 e. The highest BCUT2D eigenvalue weighted by atomic mass is 16.5. The molecular formula is C17H27NO. The molecule has 0 amide bonds. The molecule has 0 spiro atoms. The van der Waals surface area contributed by atoms with E-state index in [4.69, 9.17) is 10.5 Å². The number of rotatable bonds is 6. The van der Waals surface area contributed by atoms with E-state index in [1.165, 1.54) is 0 Å². The van der Waals surface area contributed by atoms with Crippen LogP contribution in [0, 0.1) is 0 Å². The fraction of sp³-hybridized carbons (Fsp3) is 0.294. The van der Waals surface area contributed by atoms with Crippen LogP contribution in [0.4, 0.5) is 0 Å². The van der Waals surface area contributed by atoms with Gasteiger partial charge in [0.1, 0.15) is 5.76 Å². The standard InChI is InChI=1S/C15H21NO.C2H6/c1-6-8-13(7-2)9-10-14(17-5)11-15(16)12(3)4;1-2/h6-11H,1-2,16H2,3-5H3;1-2H3/b10-9+,13-8+,14-11-;. The van der Waals surface area contributed by atoms with Gasteiger partial charge < -0.3 is 10.5 Å². The Bertz CT molecular complexity index is 391. The second-order valence-corrected chi connectivity index (χ2v) is 3.65. The highest BCUT2D eigenvalue weighted by molar-refractivity contribution is 5.36. The monoisotopic (exact) mass is 261 g/mol. The van der Waals surface area contributed by atoms with E-state index in [1.54, 1.807) is 25.3 Å². The van der Waals surface area contributed by atoms with Crippen LogP contribution in [0.5, 0.6) is 0 Å². The van der Waals surface area contributed by atoms with E-state index < -0.39 is 0 Å². The zero-order valence-corrected chi connectivity index (χ0v) is 12.9. The molecule has 2 N–H and O–H groups in total. The highest BCUT2D eigenvalue weighted by Crippen LogP contribution is 2.07. The lowest BCUT2D eigenvalue weighted by atomic mass is 10.2. The molecule has 0 saturated carbocycles. The lowest BCUT2D eigenvalue weighted by molar-refractivity contribution is 0.306. The SMILES string of the molecule is C=C/C=C(C=C)/C=C/C(=C/C(N)=C(C)C)OC.CC. The maximum atomic E-state index is 5.83. The van der Waals surface area contributed by atoms with Crippen LogP contribution in [0.1, 0.15) is 27.7 Å². The Kier molecular flexibility index (Phi) is 12.7. The van der Waals surface area contributed by atoms with Gasteiger partial charge in [-0.3, -0.25) is 0 Å². The summed E-state index contributed by atoms with van der Waals surface area (Å²) < 4.78 is 5.22. The summed E-state index contributed by atoms with van der Waals surface area (Å²) in [5.41, 5.74) is 8.55. The van der Waals surface area contributed by atoms with Crippen LogP contribution in [0.15, 0.2) is 72.2 Å². The molecule has 19 heavy (non-hydrogen) atoms. The smallest absolute Gasteiger partial charge is 0.120 e. The average molecular weight is 261 g/mol. The fourth-order valence-electron chi connectivity index (χ4n) is 0.979. The molecule has 0 aromatic carbocycles. The van der Waals surface area contributed by atoms with Crippen molar-refractivity contribution in [3.8, 4) is 0 Å². The van der Waals surface area contributed by atoms with Gasteiger partial charge in [-0.1, -0.05) is 56.9 Å². The molecule has 0 aliphatic carbocycles. The average Bonchev–Trinajstić information content (AvgIpc) is 2.43. The van der Waals surface area contributed by atoms with Crippen molar-refractivity contribution in [3.05, 3.63) is 72.2 Å². The number of allylic oxidation sites excluding steroid dienone is 8. The lowest BCUT2D eigenvalue weighted by Gasteiger charge is -2.02. The summed E-state index contributed by atoms with van der Waals surface area (Å²) in [7, 11) is 1.61. The maximum absolute atomic E-state index is 5.83. The van der Waals surface area contributed by atoms with E-state index >= 15 is 0 Å². The van der Waals surface area contributed by atoms with Gasteiger partial charge in [-0.25, -0.2) is 0 Å². The summed E-state index contributed by atoms with van der Waals surface area (Å²) in [6, 6.07) is 0. The Morgan fingerprint density at radius 3 is 2.05 bits per heavy atom. The van der Waals surface area contributed by atoms with Gasteiger partial charge >= 0.3 is 0 Å². The molecule has 0 heterocycles. The third-order valence-electron chi connectivity index (χ3n) is 2.10. The van der Waals surface area contributed by atoms with E-state index in [0.717, 1.165) is 11.1 Å². The Balaban J connectivity index is 0. The molecule has 2 nitrogen and oxygen atoms in total. The van der Waals surface area contributed by atoms with Crippen molar-refractivity contribution in [1.29, 1.82) is 0 Å². The molecule has 0 aliphatic heterocycles. The van der Waals surface area contributed by atoms with Gasteiger partial charge in [-0.15, -0.1) is 0 Å². The molecule has 0 radical (unpaired) electrons. The summed E-state index contributed by atoms with van der Waals surface area (Å²) in [6.07, 6.45) is 10.8. The van der Waals surface area contributed by atoms with Crippen LogP contribution in [-0.2, 0) is 4.74 Å². The van der Waals surface area contributed by atoms with Crippen molar-refractivity contribution in [1.82, 2.24) is 0 Å². The second kappa shape index (κ2) is 12.5. The van der Waals surface area contributed by atoms with Crippen molar-refractivity contribution in [2.75, 3.05) is 7.11 Å². The van der Waals surface area contributed by atoms with Gasteiger partial charge in [-0.2, -0.15) is 0 Å². The van der Waals surface area contributed by atoms with Crippen molar-refractivity contribution in [2.45, 2.75) is 27.7 Å². The van der Waals surface area contributed by atoms with E-state index in [0.29, 0.717) is 11.5 Å². The fourth-order valence-corrected chi connectivity index (χ4v) is 0.979. The Hall–Kier alpha value is -1.96. The highest BCUT2D eigenvalue weighted by Gasteiger charge is 1.93. The Labute approximate surface area is 118 Å². The van der Waals surface area contributed by atoms with Crippen LogP contribution in [0.25, 0.3) is 0 Å². The quantitative estimate of drug-likeness (QED) is 0.558. The number of methoxy groups -OCH3 is 1. The van der Waals surface area contributed by atoms with Crippen LogP contribution >= 0.6 is 0 Å². The van der Waals surface area contributed by atoms with Gasteiger partial charge in [0.05, 0.1) is 7.11 Å². The maximum Gasteiger partial charge on any atom is 0.120 e. The van der Waals surface area contributed by atoms with E-state index in [2.05, 4.69) is 13.2 Å². The summed E-state index contributed by atoms with van der Waals surface area (Å²) in [5, 5.41) is 0. The number of hydrogen-bond acceptors (Lipinski definition) is 2. The topological polar surface area (TPSA) is 35.2 Å². The van der Waals surface area contributed by atoms with Crippen molar-refractivity contribution >= 4 is 0 Å². The molecule has 2 heteroatoms. The summed E-state index contributed by atoms with van der Waals surface area (Å²) in [6.45, 7) is 15.3. The number of nitrogens with two attached hydrogens (primary N) is 1. The van der Waals surface area contributed by atoms with Gasteiger partial charge in [-0.05, 0) is 25.5 Å². The largest absolute Gasteiger partial charge is 0.497 e. The van der Waals surface area contributed by atoms with Crippen molar-refractivity contribution in [2.24, 2.45) is 5.73 Å². The first-order chi connectivity index (χ1) is 9.04. The Morgan fingerprint density at radius 2 is 1.68 bits per heavy atom.